The first-order chi connectivity index (χ1) is 11.7. The van der Waals surface area contributed by atoms with Gasteiger partial charge in [-0.2, -0.15) is 0 Å². The Morgan fingerprint density at radius 3 is 2.46 bits per heavy atom. The summed E-state index contributed by atoms with van der Waals surface area (Å²) < 4.78 is 6.12. The molecule has 0 radical (unpaired) electrons. The van der Waals surface area contributed by atoms with Crippen LogP contribution in [-0.2, 0) is 4.74 Å². The van der Waals surface area contributed by atoms with Gasteiger partial charge in [-0.05, 0) is 36.6 Å². The molecule has 0 aliphatic rings. The summed E-state index contributed by atoms with van der Waals surface area (Å²) in [5.74, 6) is 0. The molecule has 3 nitrogen and oxygen atoms in total. The largest absolute Gasteiger partial charge is 0.389 e. The fraction of sp³-hybridized carbons (Fsp3) is 0.429. The van der Waals surface area contributed by atoms with E-state index in [1.54, 1.807) is 0 Å². The molecule has 2 N–H and O–H groups in total. The highest BCUT2D eigenvalue weighted by Gasteiger charge is 2.18. The third-order valence-corrected chi connectivity index (χ3v) is 4.12. The molecular formula is C21H29NO2. The first-order valence-electron chi connectivity index (χ1n) is 8.83. The molecule has 0 aliphatic carbocycles. The third kappa shape index (κ3) is 5.75. The van der Waals surface area contributed by atoms with Crippen LogP contribution in [0.25, 0.3) is 0 Å². The topological polar surface area (TPSA) is 41.5 Å². The number of nitrogens with one attached hydrogen (secondary N) is 1. The fourth-order valence-corrected chi connectivity index (χ4v) is 2.71. The van der Waals surface area contributed by atoms with E-state index >= 15 is 0 Å². The molecule has 3 heteroatoms. The van der Waals surface area contributed by atoms with Crippen molar-refractivity contribution >= 4 is 0 Å². The minimum absolute atomic E-state index is 0.155. The van der Waals surface area contributed by atoms with Gasteiger partial charge in [0.2, 0.25) is 0 Å². The number of aliphatic hydroxyl groups is 1. The molecule has 2 aromatic rings. The summed E-state index contributed by atoms with van der Waals surface area (Å²) in [6.45, 7) is 6.07. The Hall–Kier alpha value is -1.68. The van der Waals surface area contributed by atoms with Crippen LogP contribution in [0.2, 0.25) is 0 Å². The summed E-state index contributed by atoms with van der Waals surface area (Å²) >= 11 is 0. The van der Waals surface area contributed by atoms with E-state index in [1.807, 2.05) is 30.3 Å². The zero-order valence-corrected chi connectivity index (χ0v) is 14.7. The van der Waals surface area contributed by atoms with Gasteiger partial charge in [-0.1, -0.05) is 67.9 Å². The first kappa shape index (κ1) is 18.7. The van der Waals surface area contributed by atoms with Crippen LogP contribution < -0.4 is 5.32 Å². The molecule has 0 unspecified atom stereocenters. The third-order valence-electron chi connectivity index (χ3n) is 4.12. The van der Waals surface area contributed by atoms with E-state index in [-0.39, 0.29) is 6.10 Å². The van der Waals surface area contributed by atoms with Crippen molar-refractivity contribution in [2.24, 2.45) is 0 Å². The zero-order chi connectivity index (χ0) is 17.2. The number of hydrogen-bond acceptors (Lipinski definition) is 3. The van der Waals surface area contributed by atoms with Gasteiger partial charge in [-0.3, -0.25) is 0 Å². The van der Waals surface area contributed by atoms with E-state index in [1.165, 1.54) is 5.56 Å². The van der Waals surface area contributed by atoms with Gasteiger partial charge in [0, 0.05) is 6.54 Å². The van der Waals surface area contributed by atoms with Crippen molar-refractivity contribution in [3.05, 3.63) is 71.3 Å². The van der Waals surface area contributed by atoms with Gasteiger partial charge in [0.05, 0.1) is 12.7 Å². The van der Waals surface area contributed by atoms with Crippen molar-refractivity contribution in [2.45, 2.75) is 38.9 Å². The van der Waals surface area contributed by atoms with Gasteiger partial charge in [0.15, 0.2) is 0 Å². The van der Waals surface area contributed by atoms with Crippen molar-refractivity contribution in [3.63, 3.8) is 0 Å². The summed E-state index contributed by atoms with van der Waals surface area (Å²) in [6, 6.07) is 18.4. The van der Waals surface area contributed by atoms with Crippen molar-refractivity contribution in [1.82, 2.24) is 5.32 Å². The summed E-state index contributed by atoms with van der Waals surface area (Å²) in [6.07, 6.45) is 1.63. The van der Waals surface area contributed by atoms with Crippen molar-refractivity contribution < 1.29 is 9.84 Å². The second-order valence-electron chi connectivity index (χ2n) is 6.19. The fourth-order valence-electron chi connectivity index (χ4n) is 2.71. The predicted octanol–water partition coefficient (Wildman–Crippen LogP) is 3.85. The number of benzene rings is 2. The lowest BCUT2D eigenvalue weighted by Gasteiger charge is -2.22. The van der Waals surface area contributed by atoms with E-state index in [0.717, 1.165) is 30.5 Å². The molecule has 24 heavy (non-hydrogen) atoms. The average molecular weight is 327 g/mol. The Bertz CT molecular complexity index is 585. The van der Waals surface area contributed by atoms with Gasteiger partial charge < -0.3 is 15.2 Å². The molecule has 0 heterocycles. The lowest BCUT2D eigenvalue weighted by atomic mass is 9.97. The molecule has 130 valence electrons. The molecule has 0 bridgehead atoms. The summed E-state index contributed by atoms with van der Waals surface area (Å²) in [4.78, 5) is 0. The molecule has 0 spiro atoms. The maximum Gasteiger partial charge on any atom is 0.108 e. The number of ether oxygens (including phenoxy) is 1. The Morgan fingerprint density at radius 1 is 1.04 bits per heavy atom. The normalized spacial score (nSPS) is 13.6. The molecule has 0 fully saturated rings. The molecule has 0 aromatic heterocycles. The smallest absolute Gasteiger partial charge is 0.108 e. The molecule has 0 saturated heterocycles. The minimum Gasteiger partial charge on any atom is -0.389 e. The minimum atomic E-state index is -0.503. The van der Waals surface area contributed by atoms with Crippen LogP contribution in [0, 0.1) is 6.92 Å². The quantitative estimate of drug-likeness (QED) is 0.651. The Morgan fingerprint density at radius 2 is 1.75 bits per heavy atom. The highest BCUT2D eigenvalue weighted by molar-refractivity contribution is 5.35. The second-order valence-corrected chi connectivity index (χ2v) is 6.19. The van der Waals surface area contributed by atoms with Gasteiger partial charge in [0.25, 0.3) is 0 Å². The van der Waals surface area contributed by atoms with Crippen molar-refractivity contribution in [2.75, 3.05) is 19.7 Å². The lowest BCUT2D eigenvalue weighted by molar-refractivity contribution is 0.00644. The highest BCUT2D eigenvalue weighted by atomic mass is 16.5. The van der Waals surface area contributed by atoms with Crippen LogP contribution in [0.3, 0.4) is 0 Å². The standard InChI is InChI=1S/C21H29NO2/c1-3-4-14-22-15-19(23)16-24-21(18-11-6-5-7-12-18)20-13-9-8-10-17(20)2/h5-13,19,21-23H,3-4,14-16H2,1-2H3/t19-,21+/m0/s1. The van der Waals surface area contributed by atoms with E-state index in [2.05, 4.69) is 43.4 Å². The number of rotatable bonds is 10. The first-order valence-corrected chi connectivity index (χ1v) is 8.83. The Balaban J connectivity index is 2.01. The van der Waals surface area contributed by atoms with Gasteiger partial charge >= 0.3 is 0 Å². The van der Waals surface area contributed by atoms with Gasteiger partial charge in [-0.25, -0.2) is 0 Å². The molecule has 0 aliphatic heterocycles. The maximum atomic E-state index is 10.2. The van der Waals surface area contributed by atoms with Crippen LogP contribution in [0.15, 0.2) is 54.6 Å². The molecule has 2 rings (SSSR count). The number of aryl methyl sites for hydroxylation is 1. The van der Waals surface area contributed by atoms with Crippen LogP contribution in [0.5, 0.6) is 0 Å². The van der Waals surface area contributed by atoms with Gasteiger partial charge in [-0.15, -0.1) is 0 Å². The van der Waals surface area contributed by atoms with Crippen LogP contribution in [0.4, 0.5) is 0 Å². The highest BCUT2D eigenvalue weighted by Crippen LogP contribution is 2.28. The number of aliphatic hydroxyl groups excluding tert-OH is 1. The molecule has 2 atom stereocenters. The Labute approximate surface area is 145 Å². The molecular weight excluding hydrogens is 298 g/mol. The van der Waals surface area contributed by atoms with Crippen LogP contribution in [0.1, 0.15) is 42.6 Å². The van der Waals surface area contributed by atoms with Crippen LogP contribution >= 0.6 is 0 Å². The SMILES string of the molecule is CCCCNC[C@H](O)CO[C@H](c1ccccc1)c1ccccc1C. The summed E-state index contributed by atoms with van der Waals surface area (Å²) in [5.41, 5.74) is 3.45. The number of hydrogen-bond donors (Lipinski definition) is 2. The molecule has 2 aromatic carbocycles. The molecule has 0 saturated carbocycles. The Kier molecular flexibility index (Phi) is 7.96. The monoisotopic (exact) mass is 327 g/mol. The predicted molar refractivity (Wildman–Crippen MR) is 99.2 cm³/mol. The summed E-state index contributed by atoms with van der Waals surface area (Å²) in [7, 11) is 0. The van der Waals surface area contributed by atoms with E-state index in [4.69, 9.17) is 4.74 Å². The van der Waals surface area contributed by atoms with Crippen molar-refractivity contribution in [1.29, 1.82) is 0 Å². The van der Waals surface area contributed by atoms with Crippen molar-refractivity contribution in [3.8, 4) is 0 Å². The maximum absolute atomic E-state index is 10.2. The average Bonchev–Trinajstić information content (AvgIpc) is 2.61. The number of unbranched alkanes of at least 4 members (excludes halogenated alkanes) is 1. The van der Waals surface area contributed by atoms with E-state index in [0.29, 0.717) is 13.2 Å². The van der Waals surface area contributed by atoms with Crippen LogP contribution in [-0.4, -0.2) is 30.9 Å². The van der Waals surface area contributed by atoms with E-state index in [9.17, 15) is 5.11 Å². The lowest BCUT2D eigenvalue weighted by Crippen LogP contribution is -2.31. The van der Waals surface area contributed by atoms with Gasteiger partial charge in [0.1, 0.15) is 6.10 Å². The summed E-state index contributed by atoms with van der Waals surface area (Å²) in [5, 5.41) is 13.4. The van der Waals surface area contributed by atoms with E-state index < -0.39 is 6.10 Å². The zero-order valence-electron chi connectivity index (χ0n) is 14.7. The molecule has 0 amide bonds. The second kappa shape index (κ2) is 10.2.